The summed E-state index contributed by atoms with van der Waals surface area (Å²) >= 11 is 0. The normalized spacial score (nSPS) is 17.0. The summed E-state index contributed by atoms with van der Waals surface area (Å²) in [6.45, 7) is 5.91. The Labute approximate surface area is 210 Å². The van der Waals surface area contributed by atoms with Gasteiger partial charge in [-0.2, -0.15) is 0 Å². The Hall–Kier alpha value is -4.33. The van der Waals surface area contributed by atoms with Gasteiger partial charge in [0.1, 0.15) is 29.3 Å². The summed E-state index contributed by atoms with van der Waals surface area (Å²) in [5.41, 5.74) is 1.09. The largest absolute Gasteiger partial charge is 0.494 e. The van der Waals surface area contributed by atoms with Gasteiger partial charge in [-0.25, -0.2) is 4.79 Å². The van der Waals surface area contributed by atoms with Crippen LogP contribution in [0.4, 0.5) is 10.5 Å². The zero-order chi connectivity index (χ0) is 25.7. The molecule has 36 heavy (non-hydrogen) atoms. The summed E-state index contributed by atoms with van der Waals surface area (Å²) in [4.78, 5) is 39.5. The Morgan fingerprint density at radius 3 is 2.06 bits per heavy atom. The summed E-state index contributed by atoms with van der Waals surface area (Å²) in [6, 6.07) is 21.0. The van der Waals surface area contributed by atoms with Gasteiger partial charge >= 0.3 is 6.03 Å². The Kier molecular flexibility index (Phi) is 7.24. The first-order chi connectivity index (χ1) is 17.3. The minimum atomic E-state index is -1.18. The molecule has 1 aliphatic rings. The number of ether oxygens (including phenoxy) is 2. The van der Waals surface area contributed by atoms with Crippen LogP contribution in [0.1, 0.15) is 31.4 Å². The molecule has 1 heterocycles. The van der Waals surface area contributed by atoms with Crippen molar-refractivity contribution in [1.82, 2.24) is 10.2 Å². The fourth-order valence-corrected chi connectivity index (χ4v) is 4.10. The van der Waals surface area contributed by atoms with E-state index in [-0.39, 0.29) is 6.54 Å². The van der Waals surface area contributed by atoms with Gasteiger partial charge in [0, 0.05) is 5.69 Å². The van der Waals surface area contributed by atoms with Crippen LogP contribution in [0.2, 0.25) is 0 Å². The minimum Gasteiger partial charge on any atom is -0.494 e. The molecule has 186 valence electrons. The summed E-state index contributed by atoms with van der Waals surface area (Å²) in [7, 11) is 0. The molecule has 0 saturated carbocycles. The van der Waals surface area contributed by atoms with E-state index in [1.54, 1.807) is 24.3 Å². The highest BCUT2D eigenvalue weighted by molar-refractivity contribution is 6.10. The standard InChI is InChI=1S/C28H29N3O5/c1-4-28(20-8-6-19(3)7-9-20)26(33)31(27(34)30-28)18-25(32)29-21-10-12-23(13-11-21)36-24-16-14-22(15-17-24)35-5-2/h6-17H,4-5,18H2,1-3H3,(H,29,32)(H,30,34). The number of urea groups is 1. The first kappa shape index (κ1) is 24.8. The maximum Gasteiger partial charge on any atom is 0.325 e. The highest BCUT2D eigenvalue weighted by Gasteiger charge is 2.51. The van der Waals surface area contributed by atoms with Crippen LogP contribution in [-0.2, 0) is 15.1 Å². The number of carbonyl (C=O) groups excluding carboxylic acids is 3. The van der Waals surface area contributed by atoms with Crippen molar-refractivity contribution in [2.45, 2.75) is 32.7 Å². The average molecular weight is 488 g/mol. The molecule has 1 saturated heterocycles. The maximum absolute atomic E-state index is 13.3. The third-order valence-electron chi connectivity index (χ3n) is 6.06. The second kappa shape index (κ2) is 10.5. The van der Waals surface area contributed by atoms with E-state index < -0.39 is 23.4 Å². The van der Waals surface area contributed by atoms with Crippen LogP contribution >= 0.6 is 0 Å². The van der Waals surface area contributed by atoms with Gasteiger partial charge in [-0.1, -0.05) is 36.8 Å². The van der Waals surface area contributed by atoms with Crippen LogP contribution < -0.4 is 20.1 Å². The number of anilines is 1. The van der Waals surface area contributed by atoms with E-state index in [0.29, 0.717) is 35.8 Å². The smallest absolute Gasteiger partial charge is 0.325 e. The Morgan fingerprint density at radius 2 is 1.47 bits per heavy atom. The second-order valence-electron chi connectivity index (χ2n) is 8.53. The molecular weight excluding hydrogens is 458 g/mol. The first-order valence-electron chi connectivity index (χ1n) is 11.9. The molecule has 0 aliphatic carbocycles. The predicted octanol–water partition coefficient (Wildman–Crippen LogP) is 4.98. The van der Waals surface area contributed by atoms with Crippen molar-refractivity contribution in [3.63, 3.8) is 0 Å². The van der Waals surface area contributed by atoms with E-state index >= 15 is 0 Å². The van der Waals surface area contributed by atoms with Gasteiger partial charge < -0.3 is 20.1 Å². The molecule has 0 spiro atoms. The lowest BCUT2D eigenvalue weighted by Gasteiger charge is -2.25. The van der Waals surface area contributed by atoms with Gasteiger partial charge in [-0.05, 0) is 74.4 Å². The van der Waals surface area contributed by atoms with Crippen molar-refractivity contribution >= 4 is 23.5 Å². The molecule has 3 aromatic carbocycles. The zero-order valence-electron chi connectivity index (χ0n) is 20.5. The number of benzene rings is 3. The van der Waals surface area contributed by atoms with Crippen molar-refractivity contribution in [3.8, 4) is 17.2 Å². The highest BCUT2D eigenvalue weighted by atomic mass is 16.5. The average Bonchev–Trinajstić information content (AvgIpc) is 3.12. The number of carbonyl (C=O) groups is 3. The van der Waals surface area contributed by atoms with Crippen LogP contribution in [0.5, 0.6) is 17.2 Å². The van der Waals surface area contributed by atoms with E-state index in [0.717, 1.165) is 16.2 Å². The number of nitrogens with zero attached hydrogens (tertiary/aromatic N) is 1. The van der Waals surface area contributed by atoms with E-state index in [2.05, 4.69) is 10.6 Å². The maximum atomic E-state index is 13.3. The van der Waals surface area contributed by atoms with Gasteiger partial charge in [0.25, 0.3) is 5.91 Å². The van der Waals surface area contributed by atoms with Crippen molar-refractivity contribution in [2.75, 3.05) is 18.5 Å². The molecule has 8 heteroatoms. The third-order valence-corrected chi connectivity index (χ3v) is 6.06. The number of nitrogens with one attached hydrogen (secondary N) is 2. The van der Waals surface area contributed by atoms with E-state index in [4.69, 9.17) is 9.47 Å². The summed E-state index contributed by atoms with van der Waals surface area (Å²) < 4.78 is 11.2. The SMILES string of the molecule is CCOc1ccc(Oc2ccc(NC(=O)CN3C(=O)NC(CC)(c4ccc(C)cc4)C3=O)cc2)cc1. The summed E-state index contributed by atoms with van der Waals surface area (Å²) in [5, 5.41) is 5.53. The quantitative estimate of drug-likeness (QED) is 0.415. The monoisotopic (exact) mass is 487 g/mol. The minimum absolute atomic E-state index is 0.370. The number of hydrogen-bond donors (Lipinski definition) is 2. The molecule has 0 bridgehead atoms. The number of aryl methyl sites for hydroxylation is 1. The molecule has 1 unspecified atom stereocenters. The summed E-state index contributed by atoms with van der Waals surface area (Å²) in [5.74, 6) is 1.10. The van der Waals surface area contributed by atoms with Gasteiger partial charge in [-0.15, -0.1) is 0 Å². The highest BCUT2D eigenvalue weighted by Crippen LogP contribution is 2.32. The molecule has 1 fully saturated rings. The number of imide groups is 1. The van der Waals surface area contributed by atoms with Crippen molar-refractivity contribution in [2.24, 2.45) is 0 Å². The molecule has 0 aromatic heterocycles. The number of amides is 4. The second-order valence-corrected chi connectivity index (χ2v) is 8.53. The lowest BCUT2D eigenvalue weighted by molar-refractivity contribution is -0.134. The van der Waals surface area contributed by atoms with Crippen LogP contribution in [-0.4, -0.2) is 35.9 Å². The van der Waals surface area contributed by atoms with Crippen LogP contribution in [0.15, 0.2) is 72.8 Å². The fraction of sp³-hybridized carbons (Fsp3) is 0.250. The number of rotatable bonds is 9. The van der Waals surface area contributed by atoms with Crippen LogP contribution in [0.25, 0.3) is 0 Å². The van der Waals surface area contributed by atoms with Crippen molar-refractivity contribution < 1.29 is 23.9 Å². The Bertz CT molecular complexity index is 1240. The lowest BCUT2D eigenvalue weighted by atomic mass is 9.87. The molecule has 4 amide bonds. The molecule has 3 aromatic rings. The lowest BCUT2D eigenvalue weighted by Crippen LogP contribution is -2.44. The topological polar surface area (TPSA) is 97.0 Å². The van der Waals surface area contributed by atoms with E-state index in [1.165, 1.54) is 0 Å². The molecule has 2 N–H and O–H groups in total. The predicted molar refractivity (Wildman–Crippen MR) is 136 cm³/mol. The summed E-state index contributed by atoms with van der Waals surface area (Å²) in [6.07, 6.45) is 0.370. The van der Waals surface area contributed by atoms with Crippen LogP contribution in [0, 0.1) is 6.92 Å². The molecule has 0 radical (unpaired) electrons. The Morgan fingerprint density at radius 1 is 0.889 bits per heavy atom. The zero-order valence-corrected chi connectivity index (χ0v) is 20.5. The molecule has 4 rings (SSSR count). The van der Waals surface area contributed by atoms with Gasteiger partial charge in [0.2, 0.25) is 5.91 Å². The fourth-order valence-electron chi connectivity index (χ4n) is 4.10. The third kappa shape index (κ3) is 5.17. The van der Waals surface area contributed by atoms with Gasteiger partial charge in [0.05, 0.1) is 6.61 Å². The van der Waals surface area contributed by atoms with E-state index in [9.17, 15) is 14.4 Å². The molecule has 8 nitrogen and oxygen atoms in total. The van der Waals surface area contributed by atoms with E-state index in [1.807, 2.05) is 69.3 Å². The molecule has 1 aliphatic heterocycles. The van der Waals surface area contributed by atoms with Crippen molar-refractivity contribution in [1.29, 1.82) is 0 Å². The van der Waals surface area contributed by atoms with Gasteiger partial charge in [-0.3, -0.25) is 14.5 Å². The molecule has 1 atom stereocenters. The first-order valence-corrected chi connectivity index (χ1v) is 11.9. The molecular formula is C28H29N3O5. The van der Waals surface area contributed by atoms with Crippen molar-refractivity contribution in [3.05, 3.63) is 83.9 Å². The Balaban J connectivity index is 1.37. The number of hydrogen-bond acceptors (Lipinski definition) is 5. The van der Waals surface area contributed by atoms with Gasteiger partial charge in [0.15, 0.2) is 0 Å². The van der Waals surface area contributed by atoms with Crippen LogP contribution in [0.3, 0.4) is 0 Å².